The van der Waals surface area contributed by atoms with Gasteiger partial charge in [0, 0.05) is 0 Å². The van der Waals surface area contributed by atoms with Gasteiger partial charge in [-0.25, -0.2) is 8.42 Å². The van der Waals surface area contributed by atoms with Gasteiger partial charge in [-0.1, -0.05) is 13.3 Å². The van der Waals surface area contributed by atoms with Crippen molar-refractivity contribution in [2.24, 2.45) is 5.41 Å². The van der Waals surface area contributed by atoms with E-state index in [0.717, 1.165) is 6.42 Å². The molecule has 4 nitrogen and oxygen atoms in total. The Bertz CT molecular complexity index is 304. The SMILES string of the molecule is CCCC1(C(=O)O)CCS(=O)(=O)CC1. The first-order valence-electron chi connectivity index (χ1n) is 4.86. The highest BCUT2D eigenvalue weighted by Gasteiger charge is 2.42. The molecule has 5 heteroatoms. The summed E-state index contributed by atoms with van der Waals surface area (Å²) in [5.41, 5.74) is -0.778. The minimum Gasteiger partial charge on any atom is -0.481 e. The molecule has 1 rings (SSSR count). The maximum Gasteiger partial charge on any atom is 0.309 e. The summed E-state index contributed by atoms with van der Waals surface area (Å²) in [5, 5.41) is 9.10. The van der Waals surface area contributed by atoms with E-state index in [4.69, 9.17) is 5.11 Å². The lowest BCUT2D eigenvalue weighted by Gasteiger charge is -2.32. The standard InChI is InChI=1S/C9H16O4S/c1-2-3-9(8(10)11)4-6-14(12,13)7-5-9/h2-7H2,1H3,(H,10,11). The van der Waals surface area contributed by atoms with Crippen molar-refractivity contribution in [2.75, 3.05) is 11.5 Å². The average Bonchev–Trinajstić information content (AvgIpc) is 2.09. The van der Waals surface area contributed by atoms with Crippen LogP contribution in [0.4, 0.5) is 0 Å². The highest BCUT2D eigenvalue weighted by Crippen LogP contribution is 2.37. The first-order valence-corrected chi connectivity index (χ1v) is 6.68. The van der Waals surface area contributed by atoms with Gasteiger partial charge in [-0.05, 0) is 19.3 Å². The molecule has 0 unspecified atom stereocenters. The van der Waals surface area contributed by atoms with Crippen molar-refractivity contribution in [1.29, 1.82) is 0 Å². The van der Waals surface area contributed by atoms with Crippen molar-refractivity contribution in [1.82, 2.24) is 0 Å². The average molecular weight is 220 g/mol. The molecule has 0 aromatic rings. The Morgan fingerprint density at radius 2 is 1.86 bits per heavy atom. The Balaban J connectivity index is 2.79. The lowest BCUT2D eigenvalue weighted by Crippen LogP contribution is -2.39. The molecule has 1 aliphatic rings. The third-order valence-corrected chi connectivity index (χ3v) is 4.62. The summed E-state index contributed by atoms with van der Waals surface area (Å²) in [6.07, 6.45) is 1.92. The minimum absolute atomic E-state index is 0.0271. The third kappa shape index (κ3) is 2.26. The maximum atomic E-state index is 11.2. The molecule has 1 aliphatic heterocycles. The molecule has 0 aromatic carbocycles. The zero-order valence-electron chi connectivity index (χ0n) is 8.32. The van der Waals surface area contributed by atoms with Gasteiger partial charge in [0.15, 0.2) is 0 Å². The van der Waals surface area contributed by atoms with Crippen LogP contribution in [0.3, 0.4) is 0 Å². The van der Waals surface area contributed by atoms with Crippen LogP contribution in [-0.2, 0) is 14.6 Å². The Morgan fingerprint density at radius 3 is 2.21 bits per heavy atom. The number of carboxylic acid groups (broad SMARTS) is 1. The Labute approximate surface area is 84.2 Å². The van der Waals surface area contributed by atoms with E-state index in [1.165, 1.54) is 0 Å². The van der Waals surface area contributed by atoms with Crippen molar-refractivity contribution < 1.29 is 18.3 Å². The highest BCUT2D eigenvalue weighted by molar-refractivity contribution is 7.91. The second kappa shape index (κ2) is 3.88. The second-order valence-corrected chi connectivity index (χ2v) is 6.29. The molecule has 1 heterocycles. The van der Waals surface area contributed by atoms with Gasteiger partial charge in [0.2, 0.25) is 0 Å². The number of hydrogen-bond donors (Lipinski definition) is 1. The van der Waals surface area contributed by atoms with Crippen LogP contribution in [0, 0.1) is 5.41 Å². The largest absolute Gasteiger partial charge is 0.481 e. The summed E-state index contributed by atoms with van der Waals surface area (Å²) < 4.78 is 22.3. The monoisotopic (exact) mass is 220 g/mol. The van der Waals surface area contributed by atoms with E-state index < -0.39 is 21.2 Å². The number of carbonyl (C=O) groups is 1. The number of hydrogen-bond acceptors (Lipinski definition) is 3. The molecular formula is C9H16O4S. The normalized spacial score (nSPS) is 24.4. The first-order chi connectivity index (χ1) is 6.42. The van der Waals surface area contributed by atoms with Gasteiger partial charge < -0.3 is 5.11 Å². The molecule has 0 amide bonds. The molecular weight excluding hydrogens is 204 g/mol. The van der Waals surface area contributed by atoms with Gasteiger partial charge in [0.1, 0.15) is 9.84 Å². The van der Waals surface area contributed by atoms with Crippen LogP contribution >= 0.6 is 0 Å². The van der Waals surface area contributed by atoms with E-state index >= 15 is 0 Å². The van der Waals surface area contributed by atoms with E-state index in [0.29, 0.717) is 6.42 Å². The fraction of sp³-hybridized carbons (Fsp3) is 0.889. The molecule has 82 valence electrons. The first kappa shape index (κ1) is 11.5. The zero-order valence-corrected chi connectivity index (χ0v) is 9.14. The lowest BCUT2D eigenvalue weighted by atomic mass is 9.78. The number of rotatable bonds is 3. The molecule has 0 radical (unpaired) electrons. The van der Waals surface area contributed by atoms with Crippen molar-refractivity contribution in [3.8, 4) is 0 Å². The molecule has 1 saturated heterocycles. The van der Waals surface area contributed by atoms with Gasteiger partial charge in [-0.2, -0.15) is 0 Å². The van der Waals surface area contributed by atoms with Crippen molar-refractivity contribution in [3.05, 3.63) is 0 Å². The fourth-order valence-corrected chi connectivity index (χ4v) is 3.59. The quantitative estimate of drug-likeness (QED) is 0.772. The maximum absolute atomic E-state index is 11.2. The third-order valence-electron chi connectivity index (χ3n) is 2.97. The van der Waals surface area contributed by atoms with E-state index in [1.807, 2.05) is 6.92 Å². The minimum atomic E-state index is -2.97. The zero-order chi connectivity index (χ0) is 10.8. The van der Waals surface area contributed by atoms with Crippen LogP contribution in [0.5, 0.6) is 0 Å². The Kier molecular flexibility index (Phi) is 3.19. The van der Waals surface area contributed by atoms with Crippen molar-refractivity contribution in [3.63, 3.8) is 0 Å². The Hall–Kier alpha value is -0.580. The summed E-state index contributed by atoms with van der Waals surface area (Å²) in [7, 11) is -2.97. The highest BCUT2D eigenvalue weighted by atomic mass is 32.2. The fourth-order valence-electron chi connectivity index (χ4n) is 1.98. The predicted octanol–water partition coefficient (Wildman–Crippen LogP) is 1.07. The van der Waals surface area contributed by atoms with Crippen molar-refractivity contribution in [2.45, 2.75) is 32.6 Å². The Morgan fingerprint density at radius 1 is 1.36 bits per heavy atom. The molecule has 1 fully saturated rings. The van der Waals surface area contributed by atoms with Crippen LogP contribution in [0.25, 0.3) is 0 Å². The van der Waals surface area contributed by atoms with E-state index in [1.54, 1.807) is 0 Å². The van der Waals surface area contributed by atoms with Crippen LogP contribution in [0.2, 0.25) is 0 Å². The van der Waals surface area contributed by atoms with Crippen molar-refractivity contribution >= 4 is 15.8 Å². The van der Waals surface area contributed by atoms with Crippen LogP contribution in [0.1, 0.15) is 32.6 Å². The second-order valence-electron chi connectivity index (χ2n) is 3.99. The van der Waals surface area contributed by atoms with Gasteiger partial charge in [-0.3, -0.25) is 4.79 Å². The van der Waals surface area contributed by atoms with E-state index in [9.17, 15) is 13.2 Å². The summed E-state index contributed by atoms with van der Waals surface area (Å²) >= 11 is 0. The number of sulfone groups is 1. The van der Waals surface area contributed by atoms with Gasteiger partial charge in [0.05, 0.1) is 16.9 Å². The molecule has 0 atom stereocenters. The molecule has 0 spiro atoms. The predicted molar refractivity (Wildman–Crippen MR) is 52.9 cm³/mol. The number of aliphatic carboxylic acids is 1. The van der Waals surface area contributed by atoms with E-state index in [-0.39, 0.29) is 24.3 Å². The molecule has 0 aliphatic carbocycles. The molecule has 0 saturated carbocycles. The topological polar surface area (TPSA) is 71.4 Å². The van der Waals surface area contributed by atoms with Gasteiger partial charge in [-0.15, -0.1) is 0 Å². The van der Waals surface area contributed by atoms with Gasteiger partial charge >= 0.3 is 5.97 Å². The summed E-state index contributed by atoms with van der Waals surface area (Å²) in [5.74, 6) is -0.784. The van der Waals surface area contributed by atoms with Gasteiger partial charge in [0.25, 0.3) is 0 Å². The summed E-state index contributed by atoms with van der Waals surface area (Å²) in [6, 6.07) is 0. The lowest BCUT2D eigenvalue weighted by molar-refractivity contribution is -0.150. The van der Waals surface area contributed by atoms with E-state index in [2.05, 4.69) is 0 Å². The molecule has 1 N–H and O–H groups in total. The summed E-state index contributed by atoms with van der Waals surface area (Å²) in [6.45, 7) is 1.92. The van der Waals surface area contributed by atoms with Crippen LogP contribution in [-0.4, -0.2) is 31.0 Å². The number of carboxylic acids is 1. The smallest absolute Gasteiger partial charge is 0.309 e. The molecule has 14 heavy (non-hydrogen) atoms. The van der Waals surface area contributed by atoms with Crippen LogP contribution < -0.4 is 0 Å². The summed E-state index contributed by atoms with van der Waals surface area (Å²) in [4.78, 5) is 11.1. The molecule has 0 bridgehead atoms. The molecule has 0 aromatic heterocycles. The van der Waals surface area contributed by atoms with Crippen LogP contribution in [0.15, 0.2) is 0 Å².